The van der Waals surface area contributed by atoms with E-state index in [1.807, 2.05) is 38.1 Å². The van der Waals surface area contributed by atoms with Crippen molar-refractivity contribution >= 4 is 5.69 Å². The Labute approximate surface area is 100 Å². The number of benzene rings is 1. The maximum Gasteiger partial charge on any atom is 0.138 e. The molecule has 0 saturated carbocycles. The summed E-state index contributed by atoms with van der Waals surface area (Å²) in [5.41, 5.74) is 3.87. The van der Waals surface area contributed by atoms with Crippen molar-refractivity contribution in [3.05, 3.63) is 46.8 Å². The highest BCUT2D eigenvalue weighted by Crippen LogP contribution is 2.16. The van der Waals surface area contributed by atoms with Crippen LogP contribution >= 0.6 is 0 Å². The van der Waals surface area contributed by atoms with Gasteiger partial charge in [-0.05, 0) is 31.5 Å². The fourth-order valence-electron chi connectivity index (χ4n) is 1.72. The molecule has 0 aliphatic heterocycles. The average molecular weight is 232 g/mol. The summed E-state index contributed by atoms with van der Waals surface area (Å²) in [5.74, 6) is 0.841. The summed E-state index contributed by atoms with van der Waals surface area (Å²) in [7, 11) is 0. The summed E-state index contributed by atoms with van der Waals surface area (Å²) in [4.78, 5) is 0. The molecule has 1 heterocycles. The van der Waals surface area contributed by atoms with Gasteiger partial charge in [0.2, 0.25) is 0 Å². The minimum atomic E-state index is 0.0564. The van der Waals surface area contributed by atoms with E-state index in [2.05, 4.69) is 10.5 Å². The predicted molar refractivity (Wildman–Crippen MR) is 65.7 cm³/mol. The smallest absolute Gasteiger partial charge is 0.138 e. The third-order valence-corrected chi connectivity index (χ3v) is 2.76. The largest absolute Gasteiger partial charge is 0.392 e. The van der Waals surface area contributed by atoms with Crippen LogP contribution in [0.1, 0.15) is 22.6 Å². The van der Waals surface area contributed by atoms with Gasteiger partial charge in [0.1, 0.15) is 5.76 Å². The standard InChI is InChI=1S/C13H16N2O2/c1-9-13(10(2)17-15-9)7-14-12-5-3-4-11(6-12)8-16/h3-6,14,16H,7-8H2,1-2H3. The number of rotatable bonds is 4. The van der Waals surface area contributed by atoms with Crippen molar-refractivity contribution in [1.29, 1.82) is 0 Å². The lowest BCUT2D eigenvalue weighted by molar-refractivity contribution is 0.282. The SMILES string of the molecule is Cc1noc(C)c1CNc1cccc(CO)c1. The lowest BCUT2D eigenvalue weighted by atomic mass is 10.2. The zero-order valence-corrected chi connectivity index (χ0v) is 10.0. The van der Waals surface area contributed by atoms with Crippen molar-refractivity contribution in [2.24, 2.45) is 0 Å². The maximum absolute atomic E-state index is 9.05. The van der Waals surface area contributed by atoms with E-state index in [0.29, 0.717) is 6.54 Å². The molecule has 0 bridgehead atoms. The Hall–Kier alpha value is -1.81. The van der Waals surface area contributed by atoms with E-state index in [4.69, 9.17) is 9.63 Å². The van der Waals surface area contributed by atoms with Gasteiger partial charge in [-0.1, -0.05) is 17.3 Å². The summed E-state index contributed by atoms with van der Waals surface area (Å²) in [6.45, 7) is 4.57. The first-order valence-electron chi connectivity index (χ1n) is 5.56. The van der Waals surface area contributed by atoms with Crippen LogP contribution in [0.4, 0.5) is 5.69 Å². The second kappa shape index (κ2) is 5.01. The fourth-order valence-corrected chi connectivity index (χ4v) is 1.72. The van der Waals surface area contributed by atoms with Crippen molar-refractivity contribution < 1.29 is 9.63 Å². The van der Waals surface area contributed by atoms with Gasteiger partial charge in [0.05, 0.1) is 12.3 Å². The predicted octanol–water partition coefficient (Wildman–Crippen LogP) is 2.40. The van der Waals surface area contributed by atoms with Crippen molar-refractivity contribution in [2.75, 3.05) is 5.32 Å². The van der Waals surface area contributed by atoms with Crippen LogP contribution in [0.25, 0.3) is 0 Å². The molecular weight excluding hydrogens is 216 g/mol. The van der Waals surface area contributed by atoms with Gasteiger partial charge in [-0.15, -0.1) is 0 Å². The van der Waals surface area contributed by atoms with Crippen LogP contribution in [-0.4, -0.2) is 10.3 Å². The fraction of sp³-hybridized carbons (Fsp3) is 0.308. The number of nitrogens with one attached hydrogen (secondary N) is 1. The minimum Gasteiger partial charge on any atom is -0.392 e. The van der Waals surface area contributed by atoms with Crippen LogP contribution < -0.4 is 5.32 Å². The van der Waals surface area contributed by atoms with Gasteiger partial charge >= 0.3 is 0 Å². The summed E-state index contributed by atoms with van der Waals surface area (Å²) in [5, 5.41) is 16.2. The van der Waals surface area contributed by atoms with Crippen LogP contribution in [-0.2, 0) is 13.2 Å². The first-order chi connectivity index (χ1) is 8.20. The topological polar surface area (TPSA) is 58.3 Å². The van der Waals surface area contributed by atoms with Crippen LogP contribution in [0, 0.1) is 13.8 Å². The zero-order chi connectivity index (χ0) is 12.3. The summed E-state index contributed by atoms with van der Waals surface area (Å²) in [6, 6.07) is 7.71. The zero-order valence-electron chi connectivity index (χ0n) is 10.0. The molecule has 2 N–H and O–H groups in total. The molecule has 2 aromatic rings. The van der Waals surface area contributed by atoms with Crippen molar-refractivity contribution in [1.82, 2.24) is 5.16 Å². The second-order valence-corrected chi connectivity index (χ2v) is 4.01. The van der Waals surface area contributed by atoms with Crippen LogP contribution in [0.5, 0.6) is 0 Å². The molecule has 0 saturated heterocycles. The molecule has 1 aromatic heterocycles. The highest BCUT2D eigenvalue weighted by molar-refractivity contribution is 5.46. The number of aliphatic hydroxyl groups is 1. The third kappa shape index (κ3) is 2.65. The molecule has 0 aliphatic carbocycles. The van der Waals surface area contributed by atoms with E-state index in [1.165, 1.54) is 0 Å². The number of nitrogens with zero attached hydrogens (tertiary/aromatic N) is 1. The molecule has 17 heavy (non-hydrogen) atoms. The first-order valence-corrected chi connectivity index (χ1v) is 5.56. The Bertz CT molecular complexity index is 486. The first kappa shape index (κ1) is 11.7. The molecule has 0 radical (unpaired) electrons. The van der Waals surface area contributed by atoms with Gasteiger partial charge in [0, 0.05) is 17.8 Å². The Kier molecular flexibility index (Phi) is 3.44. The minimum absolute atomic E-state index is 0.0564. The Balaban J connectivity index is 2.07. The van der Waals surface area contributed by atoms with E-state index in [1.54, 1.807) is 0 Å². The third-order valence-electron chi connectivity index (χ3n) is 2.76. The molecule has 0 atom stereocenters. The van der Waals surface area contributed by atoms with Crippen LogP contribution in [0.3, 0.4) is 0 Å². The Morgan fingerprint density at radius 1 is 1.35 bits per heavy atom. The monoisotopic (exact) mass is 232 g/mol. The maximum atomic E-state index is 9.05. The molecule has 0 unspecified atom stereocenters. The van der Waals surface area contributed by atoms with E-state index in [9.17, 15) is 0 Å². The molecular formula is C13H16N2O2. The summed E-state index contributed by atoms with van der Waals surface area (Å²) >= 11 is 0. The molecule has 0 aliphatic rings. The van der Waals surface area contributed by atoms with Gasteiger partial charge in [-0.2, -0.15) is 0 Å². The lowest BCUT2D eigenvalue weighted by Gasteiger charge is -2.07. The summed E-state index contributed by atoms with van der Waals surface area (Å²) < 4.78 is 5.10. The highest BCUT2D eigenvalue weighted by Gasteiger charge is 2.08. The van der Waals surface area contributed by atoms with Gasteiger partial charge in [0.25, 0.3) is 0 Å². The highest BCUT2D eigenvalue weighted by atomic mass is 16.5. The van der Waals surface area contributed by atoms with E-state index >= 15 is 0 Å². The van der Waals surface area contributed by atoms with Gasteiger partial charge in [-0.25, -0.2) is 0 Å². The molecule has 0 spiro atoms. The van der Waals surface area contributed by atoms with Crippen molar-refractivity contribution in [3.8, 4) is 0 Å². The van der Waals surface area contributed by atoms with Crippen molar-refractivity contribution in [3.63, 3.8) is 0 Å². The Morgan fingerprint density at radius 2 is 2.18 bits per heavy atom. The number of aliphatic hydroxyl groups excluding tert-OH is 1. The van der Waals surface area contributed by atoms with E-state index < -0.39 is 0 Å². The number of anilines is 1. The van der Waals surface area contributed by atoms with Crippen molar-refractivity contribution in [2.45, 2.75) is 27.0 Å². The number of aromatic nitrogens is 1. The van der Waals surface area contributed by atoms with Gasteiger partial charge < -0.3 is 14.9 Å². The normalized spacial score (nSPS) is 10.5. The lowest BCUT2D eigenvalue weighted by Crippen LogP contribution is -2.01. The molecule has 2 rings (SSSR count). The molecule has 1 aromatic carbocycles. The van der Waals surface area contributed by atoms with Gasteiger partial charge in [0.15, 0.2) is 0 Å². The quantitative estimate of drug-likeness (QED) is 0.849. The summed E-state index contributed by atoms with van der Waals surface area (Å²) in [6.07, 6.45) is 0. The Morgan fingerprint density at radius 3 is 2.82 bits per heavy atom. The molecule has 0 amide bonds. The molecule has 4 nitrogen and oxygen atoms in total. The molecule has 4 heteroatoms. The number of hydrogen-bond donors (Lipinski definition) is 2. The van der Waals surface area contributed by atoms with Gasteiger partial charge in [-0.3, -0.25) is 0 Å². The van der Waals surface area contributed by atoms with Crippen LogP contribution in [0.2, 0.25) is 0 Å². The van der Waals surface area contributed by atoms with E-state index in [-0.39, 0.29) is 6.61 Å². The number of hydrogen-bond acceptors (Lipinski definition) is 4. The molecule has 0 fully saturated rings. The second-order valence-electron chi connectivity index (χ2n) is 4.01. The molecule has 90 valence electrons. The van der Waals surface area contributed by atoms with Crippen LogP contribution in [0.15, 0.2) is 28.8 Å². The average Bonchev–Trinajstić information content (AvgIpc) is 2.67. The van der Waals surface area contributed by atoms with E-state index in [0.717, 1.165) is 28.3 Å². The number of aryl methyl sites for hydroxylation is 2.